The molecule has 0 spiro atoms. The van der Waals surface area contributed by atoms with Gasteiger partial charge in [0.15, 0.2) is 0 Å². The van der Waals surface area contributed by atoms with E-state index in [-0.39, 0.29) is 0 Å². The summed E-state index contributed by atoms with van der Waals surface area (Å²) in [5.41, 5.74) is 2.49. The quantitative estimate of drug-likeness (QED) is 0.772. The van der Waals surface area contributed by atoms with Crippen molar-refractivity contribution in [2.24, 2.45) is 0 Å². The molecule has 1 aromatic carbocycles. The van der Waals surface area contributed by atoms with Crippen molar-refractivity contribution in [2.45, 2.75) is 52.1 Å². The molecule has 0 aliphatic carbocycles. The average Bonchev–Trinajstić information content (AvgIpc) is 2.91. The zero-order chi connectivity index (χ0) is 14.4. The molecular formula is C17H24N2S. The summed E-state index contributed by atoms with van der Waals surface area (Å²) in [7, 11) is 0. The summed E-state index contributed by atoms with van der Waals surface area (Å²) in [5, 5.41) is 7.05. The van der Waals surface area contributed by atoms with Crippen LogP contribution in [0.1, 0.15) is 61.5 Å². The Bertz CT molecular complexity index is 507. The van der Waals surface area contributed by atoms with E-state index in [1.807, 2.05) is 0 Å². The molecule has 108 valence electrons. The average molecular weight is 288 g/mol. The van der Waals surface area contributed by atoms with E-state index < -0.39 is 0 Å². The van der Waals surface area contributed by atoms with E-state index in [1.165, 1.54) is 29.8 Å². The molecule has 1 heterocycles. The minimum absolute atomic E-state index is 0.302. The summed E-state index contributed by atoms with van der Waals surface area (Å²) in [5.74, 6) is 0. The maximum absolute atomic E-state index is 4.59. The van der Waals surface area contributed by atoms with Crippen LogP contribution in [0.25, 0.3) is 0 Å². The molecular weight excluding hydrogens is 264 g/mol. The highest BCUT2D eigenvalue weighted by molar-refractivity contribution is 7.09. The highest BCUT2D eigenvalue weighted by Crippen LogP contribution is 2.25. The molecule has 0 aliphatic heterocycles. The van der Waals surface area contributed by atoms with Crippen LogP contribution in [0.5, 0.6) is 0 Å². The van der Waals surface area contributed by atoms with Gasteiger partial charge in [-0.25, -0.2) is 4.98 Å². The van der Waals surface area contributed by atoms with Gasteiger partial charge in [0.25, 0.3) is 0 Å². The number of aryl methyl sites for hydroxylation is 1. The Morgan fingerprint density at radius 3 is 2.60 bits per heavy atom. The molecule has 1 aromatic heterocycles. The third-order valence-corrected chi connectivity index (χ3v) is 4.65. The Hall–Kier alpha value is -1.19. The fourth-order valence-electron chi connectivity index (χ4n) is 2.38. The molecule has 0 aliphatic rings. The zero-order valence-electron chi connectivity index (χ0n) is 12.6. The van der Waals surface area contributed by atoms with Gasteiger partial charge in [-0.15, -0.1) is 11.3 Å². The van der Waals surface area contributed by atoms with E-state index in [0.29, 0.717) is 12.1 Å². The van der Waals surface area contributed by atoms with E-state index >= 15 is 0 Å². The first-order chi connectivity index (χ1) is 9.70. The van der Waals surface area contributed by atoms with Gasteiger partial charge in [-0.2, -0.15) is 0 Å². The lowest BCUT2D eigenvalue weighted by atomic mass is 10.0. The molecule has 0 amide bonds. The lowest BCUT2D eigenvalue weighted by Crippen LogP contribution is -2.24. The predicted molar refractivity (Wildman–Crippen MR) is 87.1 cm³/mol. The van der Waals surface area contributed by atoms with E-state index in [1.54, 1.807) is 11.3 Å². The molecule has 2 atom stereocenters. The van der Waals surface area contributed by atoms with E-state index in [4.69, 9.17) is 0 Å². The fraction of sp³-hybridized carbons (Fsp3) is 0.471. The van der Waals surface area contributed by atoms with Crippen molar-refractivity contribution in [1.29, 1.82) is 0 Å². The molecule has 0 saturated heterocycles. The van der Waals surface area contributed by atoms with Crippen LogP contribution >= 0.6 is 11.3 Å². The van der Waals surface area contributed by atoms with Gasteiger partial charge in [0, 0.05) is 17.1 Å². The number of thiazole rings is 1. The van der Waals surface area contributed by atoms with E-state index in [0.717, 1.165) is 5.69 Å². The molecule has 0 fully saturated rings. The summed E-state index contributed by atoms with van der Waals surface area (Å²) >= 11 is 1.75. The number of benzene rings is 1. The number of hydrogen-bond acceptors (Lipinski definition) is 3. The number of hydrogen-bond donors (Lipinski definition) is 1. The SMILES string of the molecule is CCCCC(NC(C)c1nc(C)cs1)c1ccccc1. The first-order valence-electron chi connectivity index (χ1n) is 7.43. The van der Waals surface area contributed by atoms with Crippen LogP contribution in [0.4, 0.5) is 0 Å². The fourth-order valence-corrected chi connectivity index (χ4v) is 3.20. The molecule has 2 unspecified atom stereocenters. The van der Waals surface area contributed by atoms with Crippen molar-refractivity contribution in [2.75, 3.05) is 0 Å². The Morgan fingerprint density at radius 1 is 1.25 bits per heavy atom. The Kier molecular flexibility index (Phi) is 5.74. The molecule has 2 aromatic rings. The highest BCUT2D eigenvalue weighted by Gasteiger charge is 2.16. The largest absolute Gasteiger partial charge is 0.301 e. The van der Waals surface area contributed by atoms with Gasteiger partial charge in [-0.1, -0.05) is 50.1 Å². The molecule has 0 saturated carbocycles. The first kappa shape index (κ1) is 15.2. The molecule has 2 nitrogen and oxygen atoms in total. The van der Waals surface area contributed by atoms with Crippen LogP contribution < -0.4 is 5.32 Å². The number of nitrogens with zero attached hydrogens (tertiary/aromatic N) is 1. The van der Waals surface area contributed by atoms with Gasteiger partial charge < -0.3 is 5.32 Å². The van der Waals surface area contributed by atoms with Gasteiger partial charge in [-0.3, -0.25) is 0 Å². The Labute approximate surface area is 126 Å². The summed E-state index contributed by atoms with van der Waals surface area (Å²) in [6, 6.07) is 11.5. The molecule has 2 rings (SSSR count). The minimum Gasteiger partial charge on any atom is -0.301 e. The third kappa shape index (κ3) is 4.15. The van der Waals surface area contributed by atoms with Crippen molar-refractivity contribution in [3.8, 4) is 0 Å². The van der Waals surface area contributed by atoms with E-state index in [2.05, 4.69) is 66.8 Å². The number of nitrogens with one attached hydrogen (secondary N) is 1. The predicted octanol–water partition coefficient (Wildman–Crippen LogP) is 5.03. The van der Waals surface area contributed by atoms with Gasteiger partial charge in [0.1, 0.15) is 5.01 Å². The molecule has 1 N–H and O–H groups in total. The maximum atomic E-state index is 4.59. The summed E-state index contributed by atoms with van der Waals surface area (Å²) in [4.78, 5) is 4.59. The van der Waals surface area contributed by atoms with Crippen LogP contribution in [0, 0.1) is 6.92 Å². The van der Waals surface area contributed by atoms with Crippen molar-refractivity contribution in [3.63, 3.8) is 0 Å². The lowest BCUT2D eigenvalue weighted by Gasteiger charge is -2.22. The second kappa shape index (κ2) is 7.55. The third-order valence-electron chi connectivity index (χ3n) is 3.51. The molecule has 0 radical (unpaired) electrons. The maximum Gasteiger partial charge on any atom is 0.110 e. The van der Waals surface area contributed by atoms with Crippen molar-refractivity contribution < 1.29 is 0 Å². The monoisotopic (exact) mass is 288 g/mol. The highest BCUT2D eigenvalue weighted by atomic mass is 32.1. The second-order valence-corrected chi connectivity index (χ2v) is 6.21. The molecule has 3 heteroatoms. The van der Waals surface area contributed by atoms with Crippen LogP contribution in [0.3, 0.4) is 0 Å². The lowest BCUT2D eigenvalue weighted by molar-refractivity contribution is 0.430. The summed E-state index contributed by atoms with van der Waals surface area (Å²) in [6.07, 6.45) is 3.65. The van der Waals surface area contributed by atoms with E-state index in [9.17, 15) is 0 Å². The van der Waals surface area contributed by atoms with Crippen LogP contribution in [0.15, 0.2) is 35.7 Å². The topological polar surface area (TPSA) is 24.9 Å². The second-order valence-electron chi connectivity index (χ2n) is 5.32. The zero-order valence-corrected chi connectivity index (χ0v) is 13.4. The van der Waals surface area contributed by atoms with Crippen LogP contribution in [-0.2, 0) is 0 Å². The van der Waals surface area contributed by atoms with Gasteiger partial charge >= 0.3 is 0 Å². The smallest absolute Gasteiger partial charge is 0.110 e. The molecule has 20 heavy (non-hydrogen) atoms. The minimum atomic E-state index is 0.302. The number of unbranched alkanes of at least 4 members (excludes halogenated alkanes) is 1. The van der Waals surface area contributed by atoms with Crippen LogP contribution in [-0.4, -0.2) is 4.98 Å². The Balaban J connectivity index is 2.07. The Morgan fingerprint density at radius 2 is 2.00 bits per heavy atom. The first-order valence-corrected chi connectivity index (χ1v) is 8.31. The summed E-state index contributed by atoms with van der Waals surface area (Å²) in [6.45, 7) is 6.51. The number of aromatic nitrogens is 1. The van der Waals surface area contributed by atoms with Gasteiger partial charge in [0.2, 0.25) is 0 Å². The van der Waals surface area contributed by atoms with Crippen molar-refractivity contribution >= 4 is 11.3 Å². The normalized spacial score (nSPS) is 14.2. The van der Waals surface area contributed by atoms with Gasteiger partial charge in [-0.05, 0) is 25.8 Å². The molecule has 0 bridgehead atoms. The standard InChI is InChI=1S/C17H24N2S/c1-4-5-11-16(15-9-7-6-8-10-15)19-14(3)17-18-13(2)12-20-17/h6-10,12,14,16,19H,4-5,11H2,1-3H3. The number of rotatable bonds is 7. The van der Waals surface area contributed by atoms with Crippen molar-refractivity contribution in [1.82, 2.24) is 10.3 Å². The van der Waals surface area contributed by atoms with Gasteiger partial charge in [0.05, 0.1) is 6.04 Å². The van der Waals surface area contributed by atoms with Crippen LogP contribution in [0.2, 0.25) is 0 Å². The summed E-state index contributed by atoms with van der Waals surface area (Å²) < 4.78 is 0. The van der Waals surface area contributed by atoms with Crippen molar-refractivity contribution in [3.05, 3.63) is 52.0 Å².